The van der Waals surface area contributed by atoms with Crippen LogP contribution in [-0.2, 0) is 0 Å². The molecule has 0 unspecified atom stereocenters. The molecule has 0 bridgehead atoms. The molecule has 4 rings (SSSR count). The molecule has 1 aliphatic rings. The molecule has 0 spiro atoms. The molecule has 0 saturated carbocycles. The third kappa shape index (κ3) is 3.24. The fourth-order valence-corrected chi connectivity index (χ4v) is 3.63. The molecular weight excluding hydrogens is 348 g/mol. The molecule has 0 N–H and O–H groups in total. The van der Waals surface area contributed by atoms with Crippen LogP contribution in [-0.4, -0.2) is 45.9 Å². The van der Waals surface area contributed by atoms with Gasteiger partial charge < -0.3 is 9.80 Å². The van der Waals surface area contributed by atoms with Gasteiger partial charge in [-0.2, -0.15) is 5.10 Å². The summed E-state index contributed by atoms with van der Waals surface area (Å²) in [5, 5.41) is 5.31. The monoisotopic (exact) mass is 368 g/mol. The SMILES string of the molecule is Cc1cc(C)n(-c2cc(N3CCN(c4ccccc4Cl)CC3)ncn2)n1. The minimum absolute atomic E-state index is 0.800. The van der Waals surface area contributed by atoms with Crippen molar-refractivity contribution in [1.82, 2.24) is 19.7 Å². The Labute approximate surface area is 158 Å². The van der Waals surface area contributed by atoms with Gasteiger partial charge in [-0.15, -0.1) is 0 Å². The van der Waals surface area contributed by atoms with Crippen LogP contribution in [0.25, 0.3) is 5.82 Å². The Kier molecular flexibility index (Phi) is 4.51. The van der Waals surface area contributed by atoms with Crippen LogP contribution in [0.4, 0.5) is 11.5 Å². The molecule has 6 nitrogen and oxygen atoms in total. The summed E-state index contributed by atoms with van der Waals surface area (Å²) in [6.45, 7) is 7.60. The first-order valence-electron chi connectivity index (χ1n) is 8.72. The van der Waals surface area contributed by atoms with Crippen LogP contribution in [0.1, 0.15) is 11.4 Å². The minimum Gasteiger partial charge on any atom is -0.367 e. The highest BCUT2D eigenvalue weighted by Gasteiger charge is 2.20. The number of anilines is 2. The molecule has 1 aliphatic heterocycles. The Hall–Kier alpha value is -2.60. The summed E-state index contributed by atoms with van der Waals surface area (Å²) in [5.74, 6) is 1.73. The lowest BCUT2D eigenvalue weighted by Crippen LogP contribution is -2.47. The maximum Gasteiger partial charge on any atom is 0.159 e. The van der Waals surface area contributed by atoms with E-state index in [0.29, 0.717) is 0 Å². The molecule has 7 heteroatoms. The van der Waals surface area contributed by atoms with Gasteiger partial charge in [0.25, 0.3) is 0 Å². The molecule has 0 radical (unpaired) electrons. The lowest BCUT2D eigenvalue weighted by Gasteiger charge is -2.37. The zero-order chi connectivity index (χ0) is 18.1. The molecule has 1 fully saturated rings. The quantitative estimate of drug-likeness (QED) is 0.710. The van der Waals surface area contributed by atoms with E-state index in [1.54, 1.807) is 6.33 Å². The summed E-state index contributed by atoms with van der Waals surface area (Å²) < 4.78 is 1.86. The number of piperazine rings is 1. The molecular formula is C19H21ClN6. The lowest BCUT2D eigenvalue weighted by molar-refractivity contribution is 0.645. The second-order valence-corrected chi connectivity index (χ2v) is 6.91. The Balaban J connectivity index is 1.51. The molecule has 0 atom stereocenters. The number of halogens is 1. The van der Waals surface area contributed by atoms with Crippen molar-refractivity contribution < 1.29 is 0 Å². The van der Waals surface area contributed by atoms with E-state index in [1.807, 2.05) is 48.9 Å². The number of para-hydroxylation sites is 1. The molecule has 3 heterocycles. The van der Waals surface area contributed by atoms with Crippen molar-refractivity contribution in [1.29, 1.82) is 0 Å². The third-order valence-electron chi connectivity index (χ3n) is 4.66. The van der Waals surface area contributed by atoms with Gasteiger partial charge in [0.05, 0.1) is 16.4 Å². The van der Waals surface area contributed by atoms with E-state index in [9.17, 15) is 0 Å². The van der Waals surface area contributed by atoms with Gasteiger partial charge >= 0.3 is 0 Å². The van der Waals surface area contributed by atoms with Crippen molar-refractivity contribution in [3.05, 3.63) is 59.1 Å². The maximum atomic E-state index is 6.33. The molecule has 134 valence electrons. The predicted octanol–water partition coefficient (Wildman–Crippen LogP) is 3.26. The Morgan fingerprint density at radius 3 is 2.27 bits per heavy atom. The summed E-state index contributed by atoms with van der Waals surface area (Å²) in [7, 11) is 0. The largest absolute Gasteiger partial charge is 0.367 e. The van der Waals surface area contributed by atoms with Crippen molar-refractivity contribution in [2.45, 2.75) is 13.8 Å². The van der Waals surface area contributed by atoms with Crippen LogP contribution in [0.15, 0.2) is 42.7 Å². The minimum atomic E-state index is 0.800. The van der Waals surface area contributed by atoms with E-state index in [0.717, 1.165) is 59.9 Å². The van der Waals surface area contributed by atoms with Gasteiger partial charge in [-0.1, -0.05) is 23.7 Å². The molecule has 26 heavy (non-hydrogen) atoms. The van der Waals surface area contributed by atoms with Crippen LogP contribution >= 0.6 is 11.6 Å². The zero-order valence-electron chi connectivity index (χ0n) is 14.9. The Bertz CT molecular complexity index is 914. The lowest BCUT2D eigenvalue weighted by atomic mass is 10.2. The topological polar surface area (TPSA) is 50.1 Å². The molecule has 0 amide bonds. The van der Waals surface area contributed by atoms with Gasteiger partial charge in [0.1, 0.15) is 12.1 Å². The standard InChI is InChI=1S/C19H21ClN6/c1-14-11-15(2)26(23-14)19-12-18(21-13-22-19)25-9-7-24(8-10-25)17-6-4-3-5-16(17)20/h3-6,11-13H,7-10H2,1-2H3. The first-order chi connectivity index (χ1) is 12.6. The average Bonchev–Trinajstić information content (AvgIpc) is 3.01. The van der Waals surface area contributed by atoms with E-state index in [-0.39, 0.29) is 0 Å². The normalized spacial score (nSPS) is 14.7. The van der Waals surface area contributed by atoms with Gasteiger partial charge in [-0.25, -0.2) is 14.6 Å². The summed E-state index contributed by atoms with van der Waals surface area (Å²) in [6, 6.07) is 12.1. The first kappa shape index (κ1) is 16.8. The predicted molar refractivity (Wildman–Crippen MR) is 105 cm³/mol. The summed E-state index contributed by atoms with van der Waals surface area (Å²) in [5.41, 5.74) is 3.14. The van der Waals surface area contributed by atoms with Gasteiger partial charge in [-0.05, 0) is 32.0 Å². The fraction of sp³-hybridized carbons (Fsp3) is 0.316. The van der Waals surface area contributed by atoms with Crippen molar-refractivity contribution in [3.8, 4) is 5.82 Å². The summed E-state index contributed by atoms with van der Waals surface area (Å²) in [6.07, 6.45) is 1.61. The van der Waals surface area contributed by atoms with Gasteiger partial charge in [0.15, 0.2) is 5.82 Å². The highest BCUT2D eigenvalue weighted by Crippen LogP contribution is 2.27. The van der Waals surface area contributed by atoms with Gasteiger partial charge in [0.2, 0.25) is 0 Å². The molecule has 1 aromatic carbocycles. The Morgan fingerprint density at radius 1 is 0.885 bits per heavy atom. The van der Waals surface area contributed by atoms with Crippen molar-refractivity contribution in [2.75, 3.05) is 36.0 Å². The van der Waals surface area contributed by atoms with Crippen molar-refractivity contribution in [2.24, 2.45) is 0 Å². The van der Waals surface area contributed by atoms with E-state index in [2.05, 4.69) is 30.9 Å². The van der Waals surface area contributed by atoms with E-state index < -0.39 is 0 Å². The van der Waals surface area contributed by atoms with Crippen LogP contribution in [0.3, 0.4) is 0 Å². The van der Waals surface area contributed by atoms with E-state index in [1.165, 1.54) is 0 Å². The number of nitrogens with zero attached hydrogens (tertiary/aromatic N) is 6. The first-order valence-corrected chi connectivity index (χ1v) is 9.10. The van der Waals surface area contributed by atoms with Crippen LogP contribution in [0.2, 0.25) is 5.02 Å². The molecule has 1 saturated heterocycles. The average molecular weight is 369 g/mol. The fourth-order valence-electron chi connectivity index (χ4n) is 3.37. The number of hydrogen-bond donors (Lipinski definition) is 0. The van der Waals surface area contributed by atoms with Crippen molar-refractivity contribution in [3.63, 3.8) is 0 Å². The van der Waals surface area contributed by atoms with E-state index >= 15 is 0 Å². The highest BCUT2D eigenvalue weighted by molar-refractivity contribution is 6.33. The zero-order valence-corrected chi connectivity index (χ0v) is 15.7. The Morgan fingerprint density at radius 2 is 1.58 bits per heavy atom. The second kappa shape index (κ2) is 6.96. The van der Waals surface area contributed by atoms with Crippen LogP contribution in [0, 0.1) is 13.8 Å². The highest BCUT2D eigenvalue weighted by atomic mass is 35.5. The van der Waals surface area contributed by atoms with Gasteiger partial charge in [0, 0.05) is 37.9 Å². The number of benzene rings is 1. The molecule has 0 aliphatic carbocycles. The third-order valence-corrected chi connectivity index (χ3v) is 4.98. The molecule has 3 aromatic rings. The smallest absolute Gasteiger partial charge is 0.159 e. The second-order valence-electron chi connectivity index (χ2n) is 6.50. The number of hydrogen-bond acceptors (Lipinski definition) is 5. The van der Waals surface area contributed by atoms with Gasteiger partial charge in [-0.3, -0.25) is 0 Å². The number of aromatic nitrogens is 4. The summed E-state index contributed by atoms with van der Waals surface area (Å²) >= 11 is 6.33. The summed E-state index contributed by atoms with van der Waals surface area (Å²) in [4.78, 5) is 13.5. The molecule has 2 aromatic heterocycles. The number of rotatable bonds is 3. The van der Waals surface area contributed by atoms with Crippen LogP contribution < -0.4 is 9.80 Å². The van der Waals surface area contributed by atoms with Crippen molar-refractivity contribution >= 4 is 23.1 Å². The van der Waals surface area contributed by atoms with Crippen LogP contribution in [0.5, 0.6) is 0 Å². The number of aryl methyl sites for hydroxylation is 2. The maximum absolute atomic E-state index is 6.33. The van der Waals surface area contributed by atoms with E-state index in [4.69, 9.17) is 11.6 Å².